The summed E-state index contributed by atoms with van der Waals surface area (Å²) in [6, 6.07) is 1.63. The number of halogens is 1. The quantitative estimate of drug-likeness (QED) is 0.304. The van der Waals surface area contributed by atoms with Crippen molar-refractivity contribution in [1.29, 1.82) is 5.26 Å². The Balaban J connectivity index is 4.20. The van der Waals surface area contributed by atoms with Crippen molar-refractivity contribution in [1.82, 2.24) is 0 Å². The summed E-state index contributed by atoms with van der Waals surface area (Å²) in [6.45, 7) is 1.58. The molecule has 8 heavy (non-hydrogen) atoms. The van der Waals surface area contributed by atoms with Crippen molar-refractivity contribution in [2.24, 2.45) is 0 Å². The first-order valence-electron chi connectivity index (χ1n) is 1.98. The molecule has 0 saturated carbocycles. The van der Waals surface area contributed by atoms with E-state index >= 15 is 0 Å². The Morgan fingerprint density at radius 1 is 1.88 bits per heavy atom. The Morgan fingerprint density at radius 3 is 2.38 bits per heavy atom. The van der Waals surface area contributed by atoms with Gasteiger partial charge in [0, 0.05) is 0 Å². The van der Waals surface area contributed by atoms with E-state index in [2.05, 4.69) is 0 Å². The van der Waals surface area contributed by atoms with Crippen molar-refractivity contribution in [3.63, 3.8) is 0 Å². The Hall–Kier alpha value is -0.810. The third-order valence-electron chi connectivity index (χ3n) is 0.621. The highest BCUT2D eigenvalue weighted by Crippen LogP contribution is 1.96. The van der Waals surface area contributed by atoms with Crippen LogP contribution in [-0.4, -0.2) is 5.24 Å². The van der Waals surface area contributed by atoms with E-state index in [0.717, 1.165) is 0 Å². The molecule has 3 heteroatoms. The third kappa shape index (κ3) is 1.76. The molecule has 0 aromatic carbocycles. The maximum absolute atomic E-state index is 10.1. The molecule has 0 amide bonds. The van der Waals surface area contributed by atoms with Crippen LogP contribution in [0.25, 0.3) is 0 Å². The minimum atomic E-state index is -0.699. The second kappa shape index (κ2) is 3.23. The summed E-state index contributed by atoms with van der Waals surface area (Å²) in [5, 5.41) is 7.37. The van der Waals surface area contributed by atoms with Crippen molar-refractivity contribution < 1.29 is 4.79 Å². The minimum absolute atomic E-state index is 0.00772. The van der Waals surface area contributed by atoms with E-state index in [9.17, 15) is 4.79 Å². The van der Waals surface area contributed by atoms with Crippen molar-refractivity contribution in [2.45, 2.75) is 6.92 Å². The maximum atomic E-state index is 10.1. The van der Waals surface area contributed by atoms with Crippen LogP contribution in [-0.2, 0) is 4.79 Å². The number of hydrogen-bond donors (Lipinski definition) is 0. The van der Waals surface area contributed by atoms with Crippen LogP contribution < -0.4 is 0 Å². The largest absolute Gasteiger partial charge is 0.275 e. The second-order valence-electron chi connectivity index (χ2n) is 1.09. The lowest BCUT2D eigenvalue weighted by Crippen LogP contribution is -1.87. The number of nitrogens with zero attached hydrogens (tertiary/aromatic N) is 1. The van der Waals surface area contributed by atoms with Gasteiger partial charge in [-0.05, 0) is 18.5 Å². The average Bonchev–Trinajstić information content (AvgIpc) is 1.69. The maximum Gasteiger partial charge on any atom is 0.262 e. The fourth-order valence-electron chi connectivity index (χ4n) is 0.222. The third-order valence-corrected chi connectivity index (χ3v) is 0.824. The van der Waals surface area contributed by atoms with Gasteiger partial charge in [0.1, 0.15) is 11.6 Å². The fourth-order valence-corrected chi connectivity index (χ4v) is 0.373. The van der Waals surface area contributed by atoms with Gasteiger partial charge < -0.3 is 0 Å². The molecule has 42 valence electrons. The average molecular weight is 130 g/mol. The number of allylic oxidation sites excluding steroid dienone is 2. The first-order chi connectivity index (χ1) is 3.72. The molecule has 0 aromatic rings. The number of nitriles is 1. The van der Waals surface area contributed by atoms with Gasteiger partial charge in [0.25, 0.3) is 5.24 Å². The van der Waals surface area contributed by atoms with E-state index < -0.39 is 5.24 Å². The van der Waals surface area contributed by atoms with Gasteiger partial charge in [-0.15, -0.1) is 0 Å². The van der Waals surface area contributed by atoms with Crippen LogP contribution in [0, 0.1) is 11.3 Å². The molecule has 0 radical (unpaired) electrons. The monoisotopic (exact) mass is 129 g/mol. The Kier molecular flexibility index (Phi) is 2.90. The smallest absolute Gasteiger partial charge is 0.262 e. The fraction of sp³-hybridized carbons (Fsp3) is 0.200. The van der Waals surface area contributed by atoms with Gasteiger partial charge in [0.2, 0.25) is 0 Å². The summed E-state index contributed by atoms with van der Waals surface area (Å²) >= 11 is 4.91. The highest BCUT2D eigenvalue weighted by atomic mass is 35.5. The van der Waals surface area contributed by atoms with E-state index in [-0.39, 0.29) is 5.57 Å². The van der Waals surface area contributed by atoms with E-state index in [1.165, 1.54) is 6.08 Å². The van der Waals surface area contributed by atoms with Crippen molar-refractivity contribution >= 4 is 16.8 Å². The number of carbonyl (C=O) groups excluding carboxylic acids is 1. The Morgan fingerprint density at radius 2 is 2.38 bits per heavy atom. The van der Waals surface area contributed by atoms with Gasteiger partial charge in [0.05, 0.1) is 0 Å². The summed E-state index contributed by atoms with van der Waals surface area (Å²) in [6.07, 6.45) is 1.37. The lowest BCUT2D eigenvalue weighted by atomic mass is 10.3. The van der Waals surface area contributed by atoms with Crippen LogP contribution in [0.3, 0.4) is 0 Å². The highest BCUT2D eigenvalue weighted by Gasteiger charge is 1.99. The summed E-state index contributed by atoms with van der Waals surface area (Å²) < 4.78 is 0. The lowest BCUT2D eigenvalue weighted by molar-refractivity contribution is -0.108. The molecule has 0 aromatic heterocycles. The SMILES string of the molecule is CC=C(C#N)C(=O)Cl. The molecule has 0 aliphatic carbocycles. The van der Waals surface area contributed by atoms with Gasteiger partial charge in [0.15, 0.2) is 0 Å². The molecular formula is C5H4ClNO. The molecule has 0 bridgehead atoms. The molecule has 0 aliphatic heterocycles. The van der Waals surface area contributed by atoms with Gasteiger partial charge in [-0.1, -0.05) is 6.08 Å². The number of rotatable bonds is 1. The van der Waals surface area contributed by atoms with Crippen LogP contribution in [0.2, 0.25) is 0 Å². The normalized spacial score (nSPS) is 10.4. The van der Waals surface area contributed by atoms with Crippen molar-refractivity contribution in [3.8, 4) is 6.07 Å². The highest BCUT2D eigenvalue weighted by molar-refractivity contribution is 6.68. The molecule has 0 aliphatic rings. The molecule has 0 atom stereocenters. The predicted molar refractivity (Wildman–Crippen MR) is 30.2 cm³/mol. The van der Waals surface area contributed by atoms with E-state index in [4.69, 9.17) is 16.9 Å². The van der Waals surface area contributed by atoms with E-state index in [1.54, 1.807) is 13.0 Å². The van der Waals surface area contributed by atoms with Gasteiger partial charge in [-0.25, -0.2) is 0 Å². The summed E-state index contributed by atoms with van der Waals surface area (Å²) in [4.78, 5) is 10.1. The molecule has 2 nitrogen and oxygen atoms in total. The zero-order chi connectivity index (χ0) is 6.57. The van der Waals surface area contributed by atoms with Crippen LogP contribution in [0.1, 0.15) is 6.92 Å². The van der Waals surface area contributed by atoms with Crippen LogP contribution in [0.5, 0.6) is 0 Å². The zero-order valence-corrected chi connectivity index (χ0v) is 5.07. The van der Waals surface area contributed by atoms with Crippen LogP contribution >= 0.6 is 11.6 Å². The summed E-state index contributed by atoms with van der Waals surface area (Å²) in [5.74, 6) is 0. The second-order valence-corrected chi connectivity index (χ2v) is 1.43. The van der Waals surface area contributed by atoms with E-state index in [0.29, 0.717) is 0 Å². The first-order valence-corrected chi connectivity index (χ1v) is 2.36. The number of hydrogen-bond acceptors (Lipinski definition) is 2. The van der Waals surface area contributed by atoms with Crippen molar-refractivity contribution in [2.75, 3.05) is 0 Å². The summed E-state index contributed by atoms with van der Waals surface area (Å²) in [5.41, 5.74) is -0.00772. The molecular weight excluding hydrogens is 126 g/mol. The summed E-state index contributed by atoms with van der Waals surface area (Å²) in [7, 11) is 0. The lowest BCUT2D eigenvalue weighted by Gasteiger charge is -1.79. The Labute approximate surface area is 52.4 Å². The van der Waals surface area contributed by atoms with Gasteiger partial charge >= 0.3 is 0 Å². The zero-order valence-electron chi connectivity index (χ0n) is 4.31. The first kappa shape index (κ1) is 7.19. The molecule has 0 spiro atoms. The number of carbonyl (C=O) groups is 1. The van der Waals surface area contributed by atoms with Gasteiger partial charge in [-0.3, -0.25) is 4.79 Å². The van der Waals surface area contributed by atoms with Crippen molar-refractivity contribution in [3.05, 3.63) is 11.6 Å². The van der Waals surface area contributed by atoms with Crippen LogP contribution in [0.15, 0.2) is 11.6 Å². The topological polar surface area (TPSA) is 40.9 Å². The minimum Gasteiger partial charge on any atom is -0.275 e. The molecule has 0 heterocycles. The molecule has 0 fully saturated rings. The molecule has 0 N–H and O–H groups in total. The molecule has 0 saturated heterocycles. The van der Waals surface area contributed by atoms with Crippen LogP contribution in [0.4, 0.5) is 0 Å². The predicted octanol–water partition coefficient (Wildman–Crippen LogP) is 1.22. The van der Waals surface area contributed by atoms with E-state index in [1.807, 2.05) is 0 Å². The standard InChI is InChI=1S/C5H4ClNO/c1-2-4(3-7)5(6)8/h2H,1H3. The molecule has 0 rings (SSSR count). The molecule has 0 unspecified atom stereocenters. The van der Waals surface area contributed by atoms with Gasteiger partial charge in [-0.2, -0.15) is 5.26 Å². The Bertz CT molecular complexity index is 166.